The molecule has 2 fully saturated rings. The zero-order chi connectivity index (χ0) is 34.1. The highest BCUT2D eigenvalue weighted by atomic mass is 32.2. The molecule has 48 heavy (non-hydrogen) atoms. The Bertz CT molecular complexity index is 1860. The van der Waals surface area contributed by atoms with Gasteiger partial charge in [0.1, 0.15) is 35.6 Å². The van der Waals surface area contributed by atoms with Gasteiger partial charge in [0, 0.05) is 58.2 Å². The lowest BCUT2D eigenvalue weighted by Gasteiger charge is -2.28. The van der Waals surface area contributed by atoms with E-state index in [2.05, 4.69) is 44.1 Å². The summed E-state index contributed by atoms with van der Waals surface area (Å²) in [4.78, 5) is 13.5. The number of nitrogens with zero attached hydrogens (tertiary/aromatic N) is 5. The molecule has 4 aromatic rings. The first-order chi connectivity index (χ1) is 22.9. The number of aromatic nitrogens is 3. The zero-order valence-electron chi connectivity index (χ0n) is 28.2. The van der Waals surface area contributed by atoms with E-state index < -0.39 is 29.2 Å². The molecule has 0 aliphatic carbocycles. The Kier molecular flexibility index (Phi) is 10.1. The van der Waals surface area contributed by atoms with Crippen LogP contribution in [0.4, 0.5) is 21.6 Å². The SMILES string of the molecule is CC(c1cccc(N2CCC(N)C2)c1)S(=O)(=O)Nc1ccc(-c2cc3c(N4CCOCC4)ncnc3n2COCC[Si](C)(C)C)cc1F. The molecule has 14 heteroatoms. The number of nitrogens with one attached hydrogen (secondary N) is 1. The molecule has 2 aromatic carbocycles. The predicted octanol–water partition coefficient (Wildman–Crippen LogP) is 5.43. The highest BCUT2D eigenvalue weighted by Crippen LogP contribution is 2.35. The quantitative estimate of drug-likeness (QED) is 0.147. The molecule has 2 saturated heterocycles. The Balaban J connectivity index is 1.27. The summed E-state index contributed by atoms with van der Waals surface area (Å²) in [5.74, 6) is 0.111. The molecule has 11 nitrogen and oxygen atoms in total. The van der Waals surface area contributed by atoms with Crippen molar-refractivity contribution in [3.8, 4) is 11.3 Å². The van der Waals surface area contributed by atoms with Crippen LogP contribution >= 0.6 is 0 Å². The average molecular weight is 696 g/mol. The van der Waals surface area contributed by atoms with Crippen LogP contribution in [0.2, 0.25) is 25.7 Å². The van der Waals surface area contributed by atoms with Crippen molar-refractivity contribution >= 4 is 46.3 Å². The lowest BCUT2D eigenvalue weighted by atomic mass is 10.1. The molecule has 2 aliphatic heterocycles. The number of benzene rings is 2. The standard InChI is InChI=1S/C34H46FN7O4SSi/c1-24(25-6-5-7-28(18-25)41-11-10-27(36)21-41)47(43,44)39-31-9-8-26(19-30(31)35)32-20-29-33(40-12-14-45-15-13-40)37-22-38-34(29)42(32)23-46-16-17-48(2,3)4/h5-9,18-20,22,24,27,39H,10-17,21,23,36H2,1-4H3. The van der Waals surface area contributed by atoms with Crippen LogP contribution in [0, 0.1) is 5.82 Å². The Morgan fingerprint density at radius 2 is 1.88 bits per heavy atom. The van der Waals surface area contributed by atoms with Gasteiger partial charge in [-0.15, -0.1) is 0 Å². The highest BCUT2D eigenvalue weighted by molar-refractivity contribution is 7.92. The van der Waals surface area contributed by atoms with Gasteiger partial charge in [0.15, 0.2) is 0 Å². The number of anilines is 3. The summed E-state index contributed by atoms with van der Waals surface area (Å²) in [6.45, 7) is 13.5. The van der Waals surface area contributed by atoms with Crippen LogP contribution in [-0.2, 0) is 26.2 Å². The predicted molar refractivity (Wildman–Crippen MR) is 192 cm³/mol. The largest absolute Gasteiger partial charge is 0.378 e. The second-order valence-corrected chi connectivity index (χ2v) is 21.5. The summed E-state index contributed by atoms with van der Waals surface area (Å²) < 4.78 is 59.0. The molecule has 2 atom stereocenters. The van der Waals surface area contributed by atoms with Gasteiger partial charge in [-0.2, -0.15) is 0 Å². The Morgan fingerprint density at radius 3 is 2.58 bits per heavy atom. The fourth-order valence-corrected chi connectivity index (χ4v) is 8.07. The van der Waals surface area contributed by atoms with E-state index in [4.69, 9.17) is 15.2 Å². The zero-order valence-corrected chi connectivity index (χ0v) is 30.0. The van der Waals surface area contributed by atoms with Gasteiger partial charge in [0.05, 0.1) is 30.0 Å². The maximum atomic E-state index is 15.8. The molecule has 0 spiro atoms. The van der Waals surface area contributed by atoms with E-state index in [9.17, 15) is 8.42 Å². The van der Waals surface area contributed by atoms with Crippen LogP contribution in [0.15, 0.2) is 54.9 Å². The van der Waals surface area contributed by atoms with Crippen LogP contribution in [-0.4, -0.2) is 83.1 Å². The minimum atomic E-state index is -3.98. The number of hydrogen-bond donors (Lipinski definition) is 2. The number of sulfonamides is 1. The summed E-state index contributed by atoms with van der Waals surface area (Å²) in [7, 11) is -5.29. The summed E-state index contributed by atoms with van der Waals surface area (Å²) in [6, 6.07) is 15.1. The second kappa shape index (κ2) is 14.1. The summed E-state index contributed by atoms with van der Waals surface area (Å²) >= 11 is 0. The molecule has 0 saturated carbocycles. The minimum Gasteiger partial charge on any atom is -0.378 e. The van der Waals surface area contributed by atoms with Gasteiger partial charge < -0.3 is 29.6 Å². The fourth-order valence-electron chi connectivity index (χ4n) is 6.16. The smallest absolute Gasteiger partial charge is 0.239 e. The lowest BCUT2D eigenvalue weighted by Crippen LogP contribution is -2.36. The maximum Gasteiger partial charge on any atom is 0.239 e. The van der Waals surface area contributed by atoms with Gasteiger partial charge in [0.2, 0.25) is 10.0 Å². The fraction of sp³-hybridized carbons (Fsp3) is 0.471. The second-order valence-electron chi connectivity index (χ2n) is 13.9. The molecule has 0 radical (unpaired) electrons. The van der Waals surface area contributed by atoms with Crippen LogP contribution in [0.25, 0.3) is 22.3 Å². The molecular formula is C34H46FN7O4SSi. The molecule has 4 heterocycles. The monoisotopic (exact) mass is 695 g/mol. The molecule has 2 aromatic heterocycles. The van der Waals surface area contributed by atoms with E-state index in [1.165, 1.54) is 12.1 Å². The molecular weight excluding hydrogens is 650 g/mol. The van der Waals surface area contributed by atoms with Crippen molar-refractivity contribution in [1.29, 1.82) is 0 Å². The average Bonchev–Trinajstić information content (AvgIpc) is 3.67. The van der Waals surface area contributed by atoms with Gasteiger partial charge >= 0.3 is 0 Å². The number of nitrogens with two attached hydrogens (primary N) is 1. The molecule has 2 unspecified atom stereocenters. The van der Waals surface area contributed by atoms with E-state index in [0.29, 0.717) is 55.4 Å². The third-order valence-corrected chi connectivity index (χ3v) is 12.5. The number of halogens is 1. The van der Waals surface area contributed by atoms with Crippen molar-refractivity contribution in [3.05, 3.63) is 66.2 Å². The molecule has 0 bridgehead atoms. The maximum absolute atomic E-state index is 15.8. The first-order valence-electron chi connectivity index (χ1n) is 16.6. The summed E-state index contributed by atoms with van der Waals surface area (Å²) in [5.41, 5.74) is 9.47. The number of fused-ring (bicyclic) bond motifs is 1. The minimum absolute atomic E-state index is 0.103. The van der Waals surface area contributed by atoms with Crippen molar-refractivity contribution in [2.24, 2.45) is 5.73 Å². The topological polar surface area (TPSA) is 128 Å². The number of ether oxygens (including phenoxy) is 2. The summed E-state index contributed by atoms with van der Waals surface area (Å²) in [6.07, 6.45) is 2.44. The van der Waals surface area contributed by atoms with Gasteiger partial charge in [0.25, 0.3) is 0 Å². The van der Waals surface area contributed by atoms with Crippen LogP contribution < -0.4 is 20.3 Å². The van der Waals surface area contributed by atoms with Crippen molar-refractivity contribution in [2.75, 3.05) is 60.5 Å². The molecule has 258 valence electrons. The van der Waals surface area contributed by atoms with Gasteiger partial charge in [-0.05, 0) is 55.3 Å². The van der Waals surface area contributed by atoms with Gasteiger partial charge in [-0.25, -0.2) is 22.8 Å². The first kappa shape index (κ1) is 34.3. The first-order valence-corrected chi connectivity index (χ1v) is 21.8. The summed E-state index contributed by atoms with van der Waals surface area (Å²) in [5, 5.41) is -0.0822. The molecule has 2 aliphatic rings. The van der Waals surface area contributed by atoms with Gasteiger partial charge in [-0.1, -0.05) is 37.8 Å². The Labute approximate surface area is 283 Å². The number of morpholine rings is 1. The normalized spacial score (nSPS) is 18.1. The van der Waals surface area contributed by atoms with Crippen molar-refractivity contribution in [3.63, 3.8) is 0 Å². The van der Waals surface area contributed by atoms with Crippen LogP contribution in [0.1, 0.15) is 24.2 Å². The van der Waals surface area contributed by atoms with E-state index >= 15 is 4.39 Å². The third-order valence-electron chi connectivity index (χ3n) is 9.11. The molecule has 3 N–H and O–H groups in total. The lowest BCUT2D eigenvalue weighted by molar-refractivity contribution is 0.0909. The third kappa shape index (κ3) is 7.67. The highest BCUT2D eigenvalue weighted by Gasteiger charge is 2.27. The van der Waals surface area contributed by atoms with Gasteiger partial charge in [-0.3, -0.25) is 4.72 Å². The van der Waals surface area contributed by atoms with Crippen molar-refractivity contribution in [2.45, 2.75) is 57.1 Å². The molecule has 6 rings (SSSR count). The van der Waals surface area contributed by atoms with Crippen molar-refractivity contribution in [1.82, 2.24) is 14.5 Å². The van der Waals surface area contributed by atoms with Crippen molar-refractivity contribution < 1.29 is 22.3 Å². The van der Waals surface area contributed by atoms with E-state index in [1.54, 1.807) is 25.4 Å². The van der Waals surface area contributed by atoms with E-state index in [1.807, 2.05) is 28.8 Å². The Hall–Kier alpha value is -3.56. The Morgan fingerprint density at radius 1 is 1.08 bits per heavy atom. The van der Waals surface area contributed by atoms with E-state index in [0.717, 1.165) is 42.4 Å². The number of hydrogen-bond acceptors (Lipinski definition) is 9. The molecule has 0 amide bonds. The van der Waals surface area contributed by atoms with Crippen LogP contribution in [0.5, 0.6) is 0 Å². The van der Waals surface area contributed by atoms with Crippen LogP contribution in [0.3, 0.4) is 0 Å². The number of rotatable bonds is 12. The van der Waals surface area contributed by atoms with E-state index in [-0.39, 0.29) is 18.5 Å².